The van der Waals surface area contributed by atoms with Gasteiger partial charge >= 0.3 is 19.5 Å². The first-order valence-corrected chi connectivity index (χ1v) is 20.4. The summed E-state index contributed by atoms with van der Waals surface area (Å²) < 4.78 is 0. The van der Waals surface area contributed by atoms with Crippen LogP contribution in [-0.2, 0) is 19.5 Å². The van der Waals surface area contributed by atoms with Crippen LogP contribution in [0.1, 0.15) is 32.1 Å². The number of benzene rings is 6. The van der Waals surface area contributed by atoms with Crippen LogP contribution in [0.4, 0.5) is 0 Å². The molecule has 0 heterocycles. The Labute approximate surface area is 321 Å². The number of hydrogen-bond acceptors (Lipinski definition) is 0. The molecule has 0 radical (unpaired) electrons. The van der Waals surface area contributed by atoms with Crippen LogP contribution >= 0.6 is 15.8 Å². The molecular formula is C47H45NP2Ru-2. The summed E-state index contributed by atoms with van der Waals surface area (Å²) >= 11 is 0. The Hall–Kier alpha value is -3.89. The van der Waals surface area contributed by atoms with E-state index in [1.165, 1.54) is 51.1 Å². The average molecular weight is 787 g/mol. The molecule has 51 heavy (non-hydrogen) atoms. The molecule has 8 rings (SSSR count). The van der Waals surface area contributed by atoms with Gasteiger partial charge in [-0.3, -0.25) is 0 Å². The third-order valence-electron chi connectivity index (χ3n) is 8.33. The molecule has 258 valence electrons. The maximum atomic E-state index is 7.27. The van der Waals surface area contributed by atoms with Gasteiger partial charge in [-0.1, -0.05) is 141 Å². The standard InChI is InChI=1S/2C18H15P.C6H12N.C5H.Ru/c2*1-4-10-16(11-5-1)19(17-12-6-2-7-13-17)18-14-8-3-9-15-18;7-6-4-2-1-3-5-6;1-2-4-5-3-1;/h2*1-15H;6-7H,1-5H2;1H;/q;;-1;-5;+2/p+2. The summed E-state index contributed by atoms with van der Waals surface area (Å²) in [5, 5.41) is 8.61. The Morgan fingerprint density at radius 1 is 0.392 bits per heavy atom. The van der Waals surface area contributed by atoms with E-state index in [2.05, 4.69) is 206 Å². The van der Waals surface area contributed by atoms with Crippen molar-refractivity contribution in [1.29, 1.82) is 0 Å². The molecular weight excluding hydrogens is 742 g/mol. The summed E-state index contributed by atoms with van der Waals surface area (Å²) in [5.74, 6) is 0. The van der Waals surface area contributed by atoms with Gasteiger partial charge in [0.25, 0.3) is 0 Å². The minimum Gasteiger partial charge on any atom is -0.999 e. The summed E-state index contributed by atoms with van der Waals surface area (Å²) in [4.78, 5) is 0. The monoisotopic (exact) mass is 787 g/mol. The van der Waals surface area contributed by atoms with Crippen molar-refractivity contribution < 1.29 is 19.5 Å². The van der Waals surface area contributed by atoms with E-state index in [1.54, 1.807) is 6.07 Å². The second kappa shape index (κ2) is 23.6. The van der Waals surface area contributed by atoms with Gasteiger partial charge in [0, 0.05) is 0 Å². The molecule has 0 aliphatic heterocycles. The van der Waals surface area contributed by atoms with E-state index >= 15 is 0 Å². The maximum Gasteiger partial charge on any atom is 2.00 e. The molecule has 0 aromatic heterocycles. The minimum absolute atomic E-state index is 0. The zero-order chi connectivity index (χ0) is 34.5. The van der Waals surface area contributed by atoms with Crippen molar-refractivity contribution >= 4 is 47.7 Å². The minimum atomic E-state index is -0.877. The van der Waals surface area contributed by atoms with E-state index in [9.17, 15) is 0 Å². The summed E-state index contributed by atoms with van der Waals surface area (Å²) in [7, 11) is -1.75. The first-order valence-electron chi connectivity index (χ1n) is 17.4. The van der Waals surface area contributed by atoms with Gasteiger partial charge in [-0.05, 0) is 72.8 Å². The Morgan fingerprint density at radius 2 is 0.627 bits per heavy atom. The molecule has 1 N–H and O–H groups in total. The van der Waals surface area contributed by atoms with Gasteiger partial charge in [0.05, 0.1) is 15.8 Å². The Morgan fingerprint density at radius 3 is 0.784 bits per heavy atom. The first-order chi connectivity index (χ1) is 24.8. The summed E-state index contributed by atoms with van der Waals surface area (Å²) in [6, 6.07) is 77.3. The van der Waals surface area contributed by atoms with E-state index in [-0.39, 0.29) is 25.5 Å². The van der Waals surface area contributed by atoms with Crippen molar-refractivity contribution in [3.8, 4) is 0 Å². The van der Waals surface area contributed by atoms with Gasteiger partial charge in [0.1, 0.15) is 31.8 Å². The predicted octanol–water partition coefficient (Wildman–Crippen LogP) is 9.33. The molecule has 1 aliphatic rings. The quantitative estimate of drug-likeness (QED) is 0.0913. The first kappa shape index (κ1) is 39.9. The summed E-state index contributed by atoms with van der Waals surface area (Å²) in [6.07, 6.45) is 6.28. The van der Waals surface area contributed by atoms with Crippen LogP contribution < -0.4 is 31.8 Å². The SMILES string of the molecule is [NH-]C1CCCCC1.[Ru+2].[c-]1[c-][c-][cH-][c-]1.c1ccc([PH+](c2ccccc2)c2ccccc2)cc1.c1ccc([PH+](c2ccccc2)c2ccccc2)cc1. The van der Waals surface area contributed by atoms with Crippen molar-refractivity contribution in [2.24, 2.45) is 0 Å². The molecule has 7 aromatic rings. The van der Waals surface area contributed by atoms with Gasteiger partial charge in [-0.15, -0.1) is 6.04 Å². The molecule has 0 saturated heterocycles. The molecule has 1 aliphatic carbocycles. The Balaban J connectivity index is 0.000000171. The van der Waals surface area contributed by atoms with Crippen LogP contribution in [0.2, 0.25) is 0 Å². The molecule has 0 bridgehead atoms. The van der Waals surface area contributed by atoms with Crippen molar-refractivity contribution in [2.45, 2.75) is 38.1 Å². The van der Waals surface area contributed by atoms with E-state index < -0.39 is 15.8 Å². The number of rotatable bonds is 6. The number of hydrogen-bond donors (Lipinski definition) is 0. The van der Waals surface area contributed by atoms with E-state index in [0.29, 0.717) is 0 Å². The van der Waals surface area contributed by atoms with Crippen LogP contribution in [0.15, 0.2) is 188 Å². The van der Waals surface area contributed by atoms with Gasteiger partial charge in [-0.25, -0.2) is 0 Å². The van der Waals surface area contributed by atoms with Crippen molar-refractivity contribution in [2.75, 3.05) is 0 Å². The Kier molecular flexibility index (Phi) is 18.4. The van der Waals surface area contributed by atoms with Crippen molar-refractivity contribution in [1.82, 2.24) is 0 Å². The third-order valence-corrected chi connectivity index (χ3v) is 13.8. The van der Waals surface area contributed by atoms with Crippen LogP contribution in [0.5, 0.6) is 0 Å². The molecule has 1 fully saturated rings. The van der Waals surface area contributed by atoms with E-state index in [0.717, 1.165) is 12.8 Å². The zero-order valence-corrected chi connectivity index (χ0v) is 32.6. The summed E-state index contributed by atoms with van der Waals surface area (Å²) in [5.41, 5.74) is 7.27. The molecule has 0 atom stereocenters. The average Bonchev–Trinajstić information content (AvgIpc) is 3.80. The van der Waals surface area contributed by atoms with Crippen molar-refractivity contribution in [3.63, 3.8) is 0 Å². The molecule has 1 saturated carbocycles. The Bertz CT molecular complexity index is 1490. The summed E-state index contributed by atoms with van der Waals surface area (Å²) in [6.45, 7) is 0. The van der Waals surface area contributed by atoms with Crippen LogP contribution in [0.25, 0.3) is 5.73 Å². The fourth-order valence-electron chi connectivity index (χ4n) is 5.91. The van der Waals surface area contributed by atoms with Gasteiger partial charge < -0.3 is 36.1 Å². The van der Waals surface area contributed by atoms with Crippen molar-refractivity contribution in [3.05, 3.63) is 218 Å². The van der Waals surface area contributed by atoms with E-state index in [1.807, 2.05) is 0 Å². The molecule has 0 spiro atoms. The smallest absolute Gasteiger partial charge is 0.999 e. The van der Waals surface area contributed by atoms with Crippen LogP contribution in [0.3, 0.4) is 0 Å². The fraction of sp³-hybridized carbons (Fsp3) is 0.128. The van der Waals surface area contributed by atoms with E-state index in [4.69, 9.17) is 5.73 Å². The molecule has 4 heteroatoms. The normalized spacial score (nSPS) is 12.1. The van der Waals surface area contributed by atoms with Gasteiger partial charge in [0.2, 0.25) is 0 Å². The van der Waals surface area contributed by atoms with Crippen LogP contribution in [-0.4, -0.2) is 6.04 Å². The maximum absolute atomic E-state index is 7.27. The predicted molar refractivity (Wildman–Crippen MR) is 222 cm³/mol. The van der Waals surface area contributed by atoms with Gasteiger partial charge in [-0.2, -0.15) is 0 Å². The second-order valence-corrected chi connectivity index (χ2v) is 16.9. The number of nitrogens with one attached hydrogen (secondary N) is 1. The topological polar surface area (TPSA) is 23.8 Å². The molecule has 0 amide bonds. The second-order valence-electron chi connectivity index (χ2n) is 12.0. The molecule has 7 aromatic carbocycles. The van der Waals surface area contributed by atoms with Crippen LogP contribution in [0, 0.1) is 24.3 Å². The molecule has 0 unspecified atom stereocenters. The third kappa shape index (κ3) is 13.6. The zero-order valence-electron chi connectivity index (χ0n) is 28.9. The van der Waals surface area contributed by atoms with Gasteiger partial charge in [0.15, 0.2) is 0 Å². The molecule has 1 nitrogen and oxygen atoms in total. The fourth-order valence-corrected chi connectivity index (χ4v) is 11.1. The largest absolute Gasteiger partial charge is 2.00 e.